The van der Waals surface area contributed by atoms with E-state index in [0.717, 1.165) is 37.8 Å². The highest BCUT2D eigenvalue weighted by Gasteiger charge is 2.15. The molecule has 0 heterocycles. The number of nitrogens with zero attached hydrogens (tertiary/aromatic N) is 1. The van der Waals surface area contributed by atoms with Crippen LogP contribution in [-0.2, 0) is 0 Å². The molecule has 1 aromatic carbocycles. The average Bonchev–Trinajstić information content (AvgIpc) is 2.50. The Morgan fingerprint density at radius 3 is 2.67 bits per heavy atom. The van der Waals surface area contributed by atoms with E-state index in [-0.39, 0.29) is 23.3 Å². The highest BCUT2D eigenvalue weighted by Crippen LogP contribution is 2.23. The van der Waals surface area contributed by atoms with Crippen LogP contribution in [0.2, 0.25) is 0 Å². The van der Waals surface area contributed by atoms with Gasteiger partial charge < -0.3 is 10.4 Å². The highest BCUT2D eigenvalue weighted by atomic mass is 16.6. The van der Waals surface area contributed by atoms with Crippen LogP contribution in [0.3, 0.4) is 0 Å². The predicted octanol–water partition coefficient (Wildman–Crippen LogP) is 3.43. The van der Waals surface area contributed by atoms with Crippen LogP contribution in [0.1, 0.15) is 51.1 Å². The van der Waals surface area contributed by atoms with Crippen molar-refractivity contribution in [1.82, 2.24) is 5.32 Å². The minimum absolute atomic E-state index is 0.127. The average molecular weight is 294 g/mol. The summed E-state index contributed by atoms with van der Waals surface area (Å²) in [4.78, 5) is 10.5. The molecule has 0 saturated carbocycles. The van der Waals surface area contributed by atoms with Gasteiger partial charge in [0, 0.05) is 24.8 Å². The number of hydrogen-bond acceptors (Lipinski definition) is 4. The molecule has 0 aromatic heterocycles. The Labute approximate surface area is 126 Å². The molecule has 21 heavy (non-hydrogen) atoms. The molecule has 5 heteroatoms. The zero-order valence-electron chi connectivity index (χ0n) is 12.9. The first-order valence-corrected chi connectivity index (χ1v) is 7.70. The van der Waals surface area contributed by atoms with Gasteiger partial charge in [-0.05, 0) is 30.9 Å². The van der Waals surface area contributed by atoms with E-state index in [1.54, 1.807) is 12.1 Å². The van der Waals surface area contributed by atoms with Crippen LogP contribution in [0.25, 0.3) is 0 Å². The third-order valence-corrected chi connectivity index (χ3v) is 3.83. The smallest absolute Gasteiger partial charge is 0.269 e. The molecule has 0 aliphatic carbocycles. The Morgan fingerprint density at radius 2 is 2.10 bits per heavy atom. The summed E-state index contributed by atoms with van der Waals surface area (Å²) >= 11 is 0. The van der Waals surface area contributed by atoms with Crippen LogP contribution in [0.5, 0.6) is 0 Å². The van der Waals surface area contributed by atoms with Crippen molar-refractivity contribution in [2.24, 2.45) is 5.92 Å². The topological polar surface area (TPSA) is 75.4 Å². The molecule has 0 bridgehead atoms. The van der Waals surface area contributed by atoms with Gasteiger partial charge in [-0.25, -0.2) is 0 Å². The number of aliphatic hydroxyl groups excluding tert-OH is 1. The van der Waals surface area contributed by atoms with Gasteiger partial charge in [0.1, 0.15) is 0 Å². The normalized spacial score (nSPS) is 13.9. The zero-order valence-corrected chi connectivity index (χ0v) is 12.9. The van der Waals surface area contributed by atoms with E-state index >= 15 is 0 Å². The van der Waals surface area contributed by atoms with Crippen molar-refractivity contribution in [3.8, 4) is 0 Å². The zero-order chi connectivity index (χ0) is 15.7. The van der Waals surface area contributed by atoms with Gasteiger partial charge in [0.2, 0.25) is 0 Å². The van der Waals surface area contributed by atoms with E-state index in [2.05, 4.69) is 19.2 Å². The van der Waals surface area contributed by atoms with Crippen molar-refractivity contribution >= 4 is 5.69 Å². The van der Waals surface area contributed by atoms with Crippen molar-refractivity contribution in [3.05, 3.63) is 39.9 Å². The summed E-state index contributed by atoms with van der Waals surface area (Å²) in [5.41, 5.74) is 1.10. The summed E-state index contributed by atoms with van der Waals surface area (Å²) in [5.74, 6) is 0.438. The molecule has 5 nitrogen and oxygen atoms in total. The summed E-state index contributed by atoms with van der Waals surface area (Å²) in [6, 6.07) is 6.98. The molecule has 0 radical (unpaired) electrons. The van der Waals surface area contributed by atoms with Gasteiger partial charge in [-0.2, -0.15) is 0 Å². The quantitative estimate of drug-likeness (QED) is 0.512. The molecule has 0 aliphatic rings. The molecule has 0 amide bonds. The minimum atomic E-state index is -0.354. The fraction of sp³-hybridized carbons (Fsp3) is 0.625. The molecule has 2 atom stereocenters. The molecular weight excluding hydrogens is 268 g/mol. The first-order valence-electron chi connectivity index (χ1n) is 7.70. The van der Waals surface area contributed by atoms with Gasteiger partial charge in [0.05, 0.1) is 4.92 Å². The molecule has 1 rings (SSSR count). The van der Waals surface area contributed by atoms with E-state index in [0.29, 0.717) is 5.92 Å². The van der Waals surface area contributed by atoms with E-state index < -0.39 is 0 Å². The van der Waals surface area contributed by atoms with Crippen LogP contribution in [0.15, 0.2) is 24.3 Å². The molecule has 1 aromatic rings. The molecule has 118 valence electrons. The molecule has 0 saturated heterocycles. The summed E-state index contributed by atoms with van der Waals surface area (Å²) in [5, 5.41) is 23.4. The third-order valence-electron chi connectivity index (χ3n) is 3.83. The van der Waals surface area contributed by atoms with Crippen LogP contribution in [0, 0.1) is 16.0 Å². The number of nitro groups is 1. The van der Waals surface area contributed by atoms with Crippen LogP contribution in [-0.4, -0.2) is 23.2 Å². The van der Waals surface area contributed by atoms with Crippen molar-refractivity contribution < 1.29 is 10.0 Å². The summed E-state index contributed by atoms with van der Waals surface area (Å²) in [6.45, 7) is 5.25. The second-order valence-corrected chi connectivity index (χ2v) is 5.39. The lowest BCUT2D eigenvalue weighted by Crippen LogP contribution is -2.27. The third kappa shape index (κ3) is 5.81. The maximum absolute atomic E-state index is 10.9. The fourth-order valence-corrected chi connectivity index (χ4v) is 2.47. The van der Waals surface area contributed by atoms with E-state index in [1.165, 1.54) is 6.07 Å². The van der Waals surface area contributed by atoms with Gasteiger partial charge in [-0.15, -0.1) is 0 Å². The van der Waals surface area contributed by atoms with Crippen LogP contribution in [0.4, 0.5) is 5.69 Å². The molecule has 2 unspecified atom stereocenters. The number of hydrogen-bond donors (Lipinski definition) is 2. The lowest BCUT2D eigenvalue weighted by molar-refractivity contribution is -0.384. The predicted molar refractivity (Wildman–Crippen MR) is 84.2 cm³/mol. The lowest BCUT2D eigenvalue weighted by atomic mass is 9.98. The number of nitrogens with one attached hydrogen (secondary N) is 1. The van der Waals surface area contributed by atoms with Gasteiger partial charge in [-0.3, -0.25) is 10.1 Å². The summed E-state index contributed by atoms with van der Waals surface area (Å²) < 4.78 is 0. The second-order valence-electron chi connectivity index (χ2n) is 5.39. The van der Waals surface area contributed by atoms with Crippen molar-refractivity contribution in [3.63, 3.8) is 0 Å². The number of aliphatic hydroxyl groups is 1. The second kappa shape index (κ2) is 9.47. The Morgan fingerprint density at radius 1 is 1.33 bits per heavy atom. The highest BCUT2D eigenvalue weighted by molar-refractivity contribution is 5.35. The summed E-state index contributed by atoms with van der Waals surface area (Å²) in [6.07, 6.45) is 3.76. The standard InChI is InChI=1S/C16H26N2O3/c1-3-6-16(17-12-13(4-2)9-10-19)14-7-5-8-15(11-14)18(20)21/h5,7-8,11,13,16-17,19H,3-4,6,9-10,12H2,1-2H3. The molecular formula is C16H26N2O3. The maximum atomic E-state index is 10.9. The number of nitro benzene ring substituents is 1. The molecule has 0 spiro atoms. The van der Waals surface area contributed by atoms with Crippen LogP contribution >= 0.6 is 0 Å². The minimum Gasteiger partial charge on any atom is -0.396 e. The van der Waals surface area contributed by atoms with E-state index in [1.807, 2.05) is 6.07 Å². The number of rotatable bonds is 10. The van der Waals surface area contributed by atoms with Crippen molar-refractivity contribution in [2.75, 3.05) is 13.2 Å². The maximum Gasteiger partial charge on any atom is 0.269 e. The Hall–Kier alpha value is -1.46. The van der Waals surface area contributed by atoms with Crippen LogP contribution < -0.4 is 5.32 Å². The molecule has 0 fully saturated rings. The molecule has 2 N–H and O–H groups in total. The van der Waals surface area contributed by atoms with Gasteiger partial charge in [0.15, 0.2) is 0 Å². The van der Waals surface area contributed by atoms with Gasteiger partial charge >= 0.3 is 0 Å². The van der Waals surface area contributed by atoms with Gasteiger partial charge in [0.25, 0.3) is 5.69 Å². The Balaban J connectivity index is 2.76. The fourth-order valence-electron chi connectivity index (χ4n) is 2.47. The van der Waals surface area contributed by atoms with E-state index in [4.69, 9.17) is 5.11 Å². The first kappa shape index (κ1) is 17.6. The Bertz CT molecular complexity index is 437. The van der Waals surface area contributed by atoms with Crippen molar-refractivity contribution in [2.45, 2.75) is 45.6 Å². The largest absolute Gasteiger partial charge is 0.396 e. The SMILES string of the molecule is CCCC(NCC(CC)CCO)c1cccc([N+](=O)[O-])c1. The lowest BCUT2D eigenvalue weighted by Gasteiger charge is -2.22. The summed E-state index contributed by atoms with van der Waals surface area (Å²) in [7, 11) is 0. The molecule has 0 aliphatic heterocycles. The van der Waals surface area contributed by atoms with E-state index in [9.17, 15) is 10.1 Å². The first-order chi connectivity index (χ1) is 10.1. The number of non-ortho nitro benzene ring substituents is 1. The van der Waals surface area contributed by atoms with Gasteiger partial charge in [-0.1, -0.05) is 38.8 Å². The number of benzene rings is 1. The monoisotopic (exact) mass is 294 g/mol. The Kier molecular flexibility index (Phi) is 7.93. The van der Waals surface area contributed by atoms with Crippen molar-refractivity contribution in [1.29, 1.82) is 0 Å².